The van der Waals surface area contributed by atoms with Gasteiger partial charge in [0.05, 0.1) is 13.2 Å². The van der Waals surface area contributed by atoms with E-state index in [9.17, 15) is 5.11 Å². The Kier molecular flexibility index (Phi) is 4.61. The van der Waals surface area contributed by atoms with E-state index in [1.807, 2.05) is 0 Å². The summed E-state index contributed by atoms with van der Waals surface area (Å²) in [7, 11) is 0. The van der Waals surface area contributed by atoms with E-state index in [0.29, 0.717) is 6.42 Å². The topological polar surface area (TPSA) is 48.5 Å². The highest BCUT2D eigenvalue weighted by molar-refractivity contribution is 5.76. The van der Waals surface area contributed by atoms with Gasteiger partial charge < -0.3 is 19.5 Å². The van der Waals surface area contributed by atoms with Crippen LogP contribution in [0.25, 0.3) is 0 Å². The van der Waals surface area contributed by atoms with Crippen molar-refractivity contribution in [3.05, 3.63) is 89.5 Å². The van der Waals surface area contributed by atoms with Crippen LogP contribution < -0.4 is 4.90 Å². The van der Waals surface area contributed by atoms with E-state index in [-0.39, 0.29) is 18.8 Å². The first-order valence-corrected chi connectivity index (χ1v) is 9.75. The summed E-state index contributed by atoms with van der Waals surface area (Å²) in [4.78, 5) is 2.25. The molecule has 0 saturated carbocycles. The number of anilines is 3. The zero-order valence-electron chi connectivity index (χ0n) is 15.6. The van der Waals surface area contributed by atoms with Crippen molar-refractivity contribution in [1.29, 1.82) is 0 Å². The first-order chi connectivity index (χ1) is 13.8. The Bertz CT molecular complexity index is 872. The Morgan fingerprint density at radius 1 is 0.679 bits per heavy atom. The molecule has 0 spiro atoms. The minimum Gasteiger partial charge on any atom is -0.396 e. The van der Waals surface area contributed by atoms with Crippen LogP contribution in [0.5, 0.6) is 0 Å². The summed E-state index contributed by atoms with van der Waals surface area (Å²) in [5, 5.41) is 9.18. The van der Waals surface area contributed by atoms with E-state index >= 15 is 0 Å². The number of aliphatic hydroxyl groups is 1. The van der Waals surface area contributed by atoms with E-state index in [2.05, 4.69) is 77.7 Å². The molecule has 0 amide bonds. The molecule has 1 N–H and O–H groups in total. The van der Waals surface area contributed by atoms with Gasteiger partial charge in [-0.1, -0.05) is 36.4 Å². The third-order valence-corrected chi connectivity index (χ3v) is 5.31. The lowest BCUT2D eigenvalue weighted by Crippen LogP contribution is -2.10. The SMILES string of the molecule is OCCc1ccc(N(c2ccc(C3CO3)cc2)c2ccc(C3CO3)cc2)cc1. The van der Waals surface area contributed by atoms with Gasteiger partial charge in [-0.2, -0.15) is 0 Å². The summed E-state index contributed by atoms with van der Waals surface area (Å²) < 4.78 is 10.8. The third-order valence-electron chi connectivity index (χ3n) is 5.31. The molecule has 3 aromatic carbocycles. The first-order valence-electron chi connectivity index (χ1n) is 9.75. The van der Waals surface area contributed by atoms with Gasteiger partial charge in [-0.3, -0.25) is 0 Å². The van der Waals surface area contributed by atoms with Crippen LogP contribution in [0, 0.1) is 0 Å². The van der Waals surface area contributed by atoms with E-state index in [1.165, 1.54) is 11.1 Å². The summed E-state index contributed by atoms with van der Waals surface area (Å²) in [6, 6.07) is 25.6. The van der Waals surface area contributed by atoms with Crippen LogP contribution in [-0.2, 0) is 15.9 Å². The molecule has 4 heteroatoms. The second-order valence-electron chi connectivity index (χ2n) is 7.30. The average molecular weight is 373 g/mol. The van der Waals surface area contributed by atoms with Crippen LogP contribution in [0.2, 0.25) is 0 Å². The van der Waals surface area contributed by atoms with Crippen molar-refractivity contribution in [3.8, 4) is 0 Å². The highest BCUT2D eigenvalue weighted by Crippen LogP contribution is 2.38. The molecule has 2 aliphatic rings. The number of nitrogens with zero attached hydrogens (tertiary/aromatic N) is 1. The fourth-order valence-corrected chi connectivity index (χ4v) is 3.55. The minimum absolute atomic E-state index is 0.165. The van der Waals surface area contributed by atoms with Crippen LogP contribution in [-0.4, -0.2) is 24.9 Å². The van der Waals surface area contributed by atoms with Gasteiger partial charge in [0.15, 0.2) is 0 Å². The first kappa shape index (κ1) is 17.4. The zero-order chi connectivity index (χ0) is 18.9. The molecule has 2 fully saturated rings. The quantitative estimate of drug-likeness (QED) is 0.603. The predicted octanol–water partition coefficient (Wildman–Crippen LogP) is 4.83. The van der Waals surface area contributed by atoms with E-state index in [1.54, 1.807) is 0 Å². The van der Waals surface area contributed by atoms with Crippen LogP contribution in [0.3, 0.4) is 0 Å². The van der Waals surface area contributed by atoms with E-state index in [0.717, 1.165) is 35.8 Å². The summed E-state index contributed by atoms with van der Waals surface area (Å²) >= 11 is 0. The average Bonchev–Trinajstić information content (AvgIpc) is 3.64. The van der Waals surface area contributed by atoms with Crippen molar-refractivity contribution < 1.29 is 14.6 Å². The number of rotatable bonds is 7. The maximum atomic E-state index is 9.18. The molecule has 28 heavy (non-hydrogen) atoms. The lowest BCUT2D eigenvalue weighted by Gasteiger charge is -2.26. The van der Waals surface area contributed by atoms with Crippen LogP contribution >= 0.6 is 0 Å². The normalized spacial score (nSPS) is 20.0. The molecular weight excluding hydrogens is 350 g/mol. The van der Waals surface area contributed by atoms with Crippen molar-refractivity contribution >= 4 is 17.1 Å². The van der Waals surface area contributed by atoms with Crippen LogP contribution in [0.1, 0.15) is 28.9 Å². The third kappa shape index (κ3) is 3.67. The Morgan fingerprint density at radius 3 is 1.43 bits per heavy atom. The largest absolute Gasteiger partial charge is 0.396 e. The molecule has 4 nitrogen and oxygen atoms in total. The lowest BCUT2D eigenvalue weighted by molar-refractivity contribution is 0.299. The molecule has 2 saturated heterocycles. The van der Waals surface area contributed by atoms with E-state index < -0.39 is 0 Å². The molecule has 2 heterocycles. The highest BCUT2D eigenvalue weighted by Gasteiger charge is 2.26. The molecule has 5 rings (SSSR count). The number of benzene rings is 3. The number of epoxide rings is 2. The van der Waals surface area contributed by atoms with Gasteiger partial charge in [-0.25, -0.2) is 0 Å². The highest BCUT2D eigenvalue weighted by atomic mass is 16.6. The Balaban J connectivity index is 1.50. The minimum atomic E-state index is 0.165. The fourth-order valence-electron chi connectivity index (χ4n) is 3.55. The molecule has 3 aromatic rings. The van der Waals surface area contributed by atoms with Crippen molar-refractivity contribution in [2.75, 3.05) is 24.7 Å². The number of hydrogen-bond acceptors (Lipinski definition) is 4. The second kappa shape index (κ2) is 7.40. The summed E-state index contributed by atoms with van der Waals surface area (Å²) in [5.74, 6) is 0. The maximum Gasteiger partial charge on any atom is 0.106 e. The molecule has 2 atom stereocenters. The van der Waals surface area contributed by atoms with Gasteiger partial charge in [-0.05, 0) is 59.5 Å². The van der Waals surface area contributed by atoms with Gasteiger partial charge in [0.1, 0.15) is 12.2 Å². The molecule has 2 aliphatic heterocycles. The summed E-state index contributed by atoms with van der Waals surface area (Å²) in [5.41, 5.74) is 6.89. The Morgan fingerprint density at radius 2 is 1.07 bits per heavy atom. The van der Waals surface area contributed by atoms with Gasteiger partial charge in [0.2, 0.25) is 0 Å². The van der Waals surface area contributed by atoms with Gasteiger partial charge in [0.25, 0.3) is 0 Å². The van der Waals surface area contributed by atoms with E-state index in [4.69, 9.17) is 9.47 Å². The van der Waals surface area contributed by atoms with Gasteiger partial charge in [-0.15, -0.1) is 0 Å². The standard InChI is InChI=1S/C24H23NO3/c26-14-13-17-1-7-20(8-2-17)25(21-9-3-18(4-10-21)23-15-27-23)22-11-5-19(6-12-22)24-16-28-24/h1-12,23-24,26H,13-16H2. The molecule has 0 radical (unpaired) electrons. The van der Waals surface area contributed by atoms with Crippen molar-refractivity contribution in [2.24, 2.45) is 0 Å². The molecule has 0 aromatic heterocycles. The monoisotopic (exact) mass is 373 g/mol. The molecule has 142 valence electrons. The summed E-state index contributed by atoms with van der Waals surface area (Å²) in [6.07, 6.45) is 1.20. The fraction of sp³-hybridized carbons (Fsp3) is 0.250. The van der Waals surface area contributed by atoms with Crippen molar-refractivity contribution in [2.45, 2.75) is 18.6 Å². The lowest BCUT2D eigenvalue weighted by atomic mass is 10.1. The Labute approximate surface area is 165 Å². The van der Waals surface area contributed by atoms with Crippen molar-refractivity contribution in [3.63, 3.8) is 0 Å². The second-order valence-corrected chi connectivity index (χ2v) is 7.30. The van der Waals surface area contributed by atoms with Crippen molar-refractivity contribution in [1.82, 2.24) is 0 Å². The number of hydrogen-bond donors (Lipinski definition) is 1. The molecule has 2 unspecified atom stereocenters. The maximum absolute atomic E-state index is 9.18. The number of aliphatic hydroxyl groups excluding tert-OH is 1. The Hall–Kier alpha value is -2.66. The summed E-state index contributed by atoms with van der Waals surface area (Å²) in [6.45, 7) is 1.80. The molecular formula is C24H23NO3. The molecule has 0 bridgehead atoms. The van der Waals surface area contributed by atoms with Gasteiger partial charge in [0, 0.05) is 23.7 Å². The smallest absolute Gasteiger partial charge is 0.106 e. The zero-order valence-corrected chi connectivity index (χ0v) is 15.6. The van der Waals surface area contributed by atoms with Gasteiger partial charge >= 0.3 is 0 Å². The van der Waals surface area contributed by atoms with Crippen LogP contribution in [0.15, 0.2) is 72.8 Å². The number of ether oxygens (including phenoxy) is 2. The predicted molar refractivity (Wildman–Crippen MR) is 109 cm³/mol. The van der Waals surface area contributed by atoms with Crippen LogP contribution in [0.4, 0.5) is 17.1 Å². The molecule has 0 aliphatic carbocycles.